The number of benzene rings is 2. The summed E-state index contributed by atoms with van der Waals surface area (Å²) in [7, 11) is -3.08. The molecule has 5 aromatic rings. The Hall–Kier alpha value is -3.52. The van der Waals surface area contributed by atoms with Gasteiger partial charge in [-0.1, -0.05) is 19.1 Å². The van der Waals surface area contributed by atoms with Gasteiger partial charge >= 0.3 is 0 Å². The monoisotopic (exact) mass is 671 g/mol. The van der Waals surface area contributed by atoms with E-state index in [-0.39, 0.29) is 37.1 Å². The van der Waals surface area contributed by atoms with Crippen molar-refractivity contribution < 1.29 is 22.3 Å². The van der Waals surface area contributed by atoms with Crippen LogP contribution in [-0.4, -0.2) is 46.5 Å². The third kappa shape index (κ3) is 7.85. The van der Waals surface area contributed by atoms with E-state index in [9.17, 15) is 12.8 Å². The summed E-state index contributed by atoms with van der Waals surface area (Å²) in [6, 6.07) is 13.7. The molecule has 0 saturated heterocycles. The molecule has 2 aromatic carbocycles. The average Bonchev–Trinajstić information content (AvgIpc) is 3.44. The van der Waals surface area contributed by atoms with Gasteiger partial charge in [-0.05, 0) is 64.3 Å². The molecule has 42 heavy (non-hydrogen) atoms. The maximum Gasteiger partial charge on any atom is 0.152 e. The molecule has 0 bridgehead atoms. The minimum atomic E-state index is -3.08. The van der Waals surface area contributed by atoms with E-state index in [0.717, 1.165) is 26.1 Å². The second-order valence-corrected chi connectivity index (χ2v) is 13.4. The normalized spacial score (nSPS) is 11.6. The molecule has 3 aromatic heterocycles. The molecule has 0 atom stereocenters. The van der Waals surface area contributed by atoms with Crippen molar-refractivity contribution in [3.63, 3.8) is 0 Å². The first-order valence-electron chi connectivity index (χ1n) is 13.1. The molecular weight excluding hydrogens is 645 g/mol. The van der Waals surface area contributed by atoms with Crippen molar-refractivity contribution in [2.45, 2.75) is 26.6 Å². The van der Waals surface area contributed by atoms with Crippen LogP contribution in [0.1, 0.15) is 23.9 Å². The summed E-state index contributed by atoms with van der Waals surface area (Å²) in [5.41, 5.74) is 3.50. The lowest BCUT2D eigenvalue weighted by Gasteiger charge is -2.12. The number of halogens is 2. The SMILES string of the molecule is CCCS(=O)(=O)CCOCc1nc(-c2cc3c(Nc4ccc(OCc5cccc(F)c5)c(Br)c4)ncnc3cn2)cs1. The van der Waals surface area contributed by atoms with Gasteiger partial charge in [0.25, 0.3) is 0 Å². The molecule has 0 radical (unpaired) electrons. The Morgan fingerprint density at radius 1 is 1.02 bits per heavy atom. The molecule has 9 nitrogen and oxygen atoms in total. The zero-order chi connectivity index (χ0) is 29.5. The molecule has 0 amide bonds. The maximum absolute atomic E-state index is 13.5. The first-order valence-corrected chi connectivity index (χ1v) is 16.6. The zero-order valence-electron chi connectivity index (χ0n) is 22.6. The Balaban J connectivity index is 1.26. The van der Waals surface area contributed by atoms with Crippen LogP contribution < -0.4 is 10.1 Å². The summed E-state index contributed by atoms with van der Waals surface area (Å²) >= 11 is 4.98. The lowest BCUT2D eigenvalue weighted by Crippen LogP contribution is -2.15. The molecule has 5 rings (SSSR count). The van der Waals surface area contributed by atoms with Gasteiger partial charge in [0.15, 0.2) is 9.84 Å². The van der Waals surface area contributed by atoms with Crippen molar-refractivity contribution in [3.05, 3.63) is 87.3 Å². The van der Waals surface area contributed by atoms with Crippen molar-refractivity contribution in [2.24, 2.45) is 0 Å². The van der Waals surface area contributed by atoms with Crippen molar-refractivity contribution in [1.29, 1.82) is 0 Å². The van der Waals surface area contributed by atoms with E-state index in [1.54, 1.807) is 18.3 Å². The van der Waals surface area contributed by atoms with Gasteiger partial charge in [-0.25, -0.2) is 27.8 Å². The van der Waals surface area contributed by atoms with Gasteiger partial charge in [0.2, 0.25) is 0 Å². The Morgan fingerprint density at radius 2 is 1.90 bits per heavy atom. The van der Waals surface area contributed by atoms with Crippen LogP contribution in [0.25, 0.3) is 22.3 Å². The standard InChI is InChI=1S/C29H27BrFN5O4S2/c1-2-9-42(37,38)10-8-39-16-28-36-26(17-41-28)24-13-22-25(14-32-24)33-18-34-29(22)35-21-6-7-27(23(30)12-21)40-15-19-4-3-5-20(31)11-19/h3-7,11-14,17-18H,2,8-10,15-16H2,1H3,(H,33,34,35). The number of anilines is 2. The van der Waals surface area contributed by atoms with Crippen molar-refractivity contribution in [3.8, 4) is 17.1 Å². The first kappa shape index (κ1) is 30.0. The number of ether oxygens (including phenoxy) is 2. The third-order valence-electron chi connectivity index (χ3n) is 6.09. The van der Waals surface area contributed by atoms with Crippen LogP contribution in [0.5, 0.6) is 5.75 Å². The second kappa shape index (κ2) is 13.6. The van der Waals surface area contributed by atoms with E-state index < -0.39 is 9.84 Å². The predicted octanol–water partition coefficient (Wildman–Crippen LogP) is 6.71. The number of aromatic nitrogens is 4. The van der Waals surface area contributed by atoms with Crippen molar-refractivity contribution in [2.75, 3.05) is 23.4 Å². The van der Waals surface area contributed by atoms with Gasteiger partial charge in [0.05, 0.1) is 46.5 Å². The molecule has 1 N–H and O–H groups in total. The summed E-state index contributed by atoms with van der Waals surface area (Å²) in [5, 5.41) is 6.71. The van der Waals surface area contributed by atoms with Crippen molar-refractivity contribution >= 4 is 59.5 Å². The molecule has 13 heteroatoms. The van der Waals surface area contributed by atoms with Gasteiger partial charge in [-0.3, -0.25) is 4.98 Å². The summed E-state index contributed by atoms with van der Waals surface area (Å²) in [5.74, 6) is 1.08. The van der Waals surface area contributed by atoms with Gasteiger partial charge < -0.3 is 14.8 Å². The Kier molecular flexibility index (Phi) is 9.73. The number of sulfone groups is 1. The number of rotatable bonds is 13. The quantitative estimate of drug-likeness (QED) is 0.136. The molecule has 0 fully saturated rings. The van der Waals surface area contributed by atoms with Crippen LogP contribution in [0.2, 0.25) is 0 Å². The topological polar surface area (TPSA) is 116 Å². The summed E-state index contributed by atoms with van der Waals surface area (Å²) < 4.78 is 49.3. The minimum absolute atomic E-state index is 0.00230. The molecule has 0 aliphatic carbocycles. The smallest absolute Gasteiger partial charge is 0.152 e. The number of fused-ring (bicyclic) bond motifs is 1. The molecule has 0 aliphatic heterocycles. The highest BCUT2D eigenvalue weighted by molar-refractivity contribution is 9.10. The van der Waals surface area contributed by atoms with Gasteiger partial charge in [0.1, 0.15) is 35.3 Å². The fourth-order valence-electron chi connectivity index (χ4n) is 4.07. The summed E-state index contributed by atoms with van der Waals surface area (Å²) in [4.78, 5) is 17.9. The molecular formula is C29H27BrFN5O4S2. The Morgan fingerprint density at radius 3 is 2.71 bits per heavy atom. The highest BCUT2D eigenvalue weighted by Crippen LogP contribution is 2.32. The van der Waals surface area contributed by atoms with Crippen LogP contribution in [-0.2, 0) is 27.8 Å². The average molecular weight is 673 g/mol. The number of thiazole rings is 1. The maximum atomic E-state index is 13.5. The molecule has 0 saturated carbocycles. The van der Waals surface area contributed by atoms with E-state index >= 15 is 0 Å². The summed E-state index contributed by atoms with van der Waals surface area (Å²) in [6.45, 7) is 2.44. The van der Waals surface area contributed by atoms with Crippen molar-refractivity contribution in [1.82, 2.24) is 19.9 Å². The fraction of sp³-hybridized carbons (Fsp3) is 0.241. The number of hydrogen-bond acceptors (Lipinski definition) is 10. The third-order valence-corrected chi connectivity index (χ3v) is 9.35. The molecule has 0 unspecified atom stereocenters. The van der Waals surface area contributed by atoms with E-state index in [4.69, 9.17) is 9.47 Å². The van der Waals surface area contributed by atoms with Gasteiger partial charge in [-0.15, -0.1) is 11.3 Å². The largest absolute Gasteiger partial charge is 0.488 e. The van der Waals surface area contributed by atoms with E-state index in [1.807, 2.05) is 36.6 Å². The van der Waals surface area contributed by atoms with E-state index in [1.165, 1.54) is 29.8 Å². The number of nitrogens with one attached hydrogen (secondary N) is 1. The van der Waals surface area contributed by atoms with Gasteiger partial charge in [-0.2, -0.15) is 0 Å². The Bertz CT molecular complexity index is 1800. The van der Waals surface area contributed by atoms with E-state index in [0.29, 0.717) is 34.9 Å². The zero-order valence-corrected chi connectivity index (χ0v) is 25.8. The van der Waals surface area contributed by atoms with Gasteiger partial charge in [0, 0.05) is 22.2 Å². The molecule has 3 heterocycles. The minimum Gasteiger partial charge on any atom is -0.488 e. The number of nitrogens with zero attached hydrogens (tertiary/aromatic N) is 4. The fourth-order valence-corrected chi connectivity index (χ4v) is 6.49. The lowest BCUT2D eigenvalue weighted by atomic mass is 10.2. The van der Waals surface area contributed by atoms with Crippen LogP contribution in [0.3, 0.4) is 0 Å². The summed E-state index contributed by atoms with van der Waals surface area (Å²) in [6.07, 6.45) is 3.73. The van der Waals surface area contributed by atoms with Crippen LogP contribution >= 0.6 is 27.3 Å². The highest BCUT2D eigenvalue weighted by Gasteiger charge is 2.13. The highest BCUT2D eigenvalue weighted by atomic mass is 79.9. The first-order chi connectivity index (χ1) is 20.3. The molecule has 0 spiro atoms. The number of hydrogen-bond donors (Lipinski definition) is 1. The molecule has 218 valence electrons. The van der Waals surface area contributed by atoms with Crippen LogP contribution in [0.15, 0.2) is 70.9 Å². The van der Waals surface area contributed by atoms with E-state index in [2.05, 4.69) is 41.2 Å². The Labute approximate surface area is 255 Å². The number of pyridine rings is 1. The molecule has 0 aliphatic rings. The van der Waals surface area contributed by atoms with Crippen LogP contribution in [0, 0.1) is 5.82 Å². The predicted molar refractivity (Wildman–Crippen MR) is 165 cm³/mol. The van der Waals surface area contributed by atoms with Crippen LogP contribution in [0.4, 0.5) is 15.9 Å². The second-order valence-electron chi connectivity index (χ2n) is 9.33. The lowest BCUT2D eigenvalue weighted by molar-refractivity contribution is 0.135.